The highest BCUT2D eigenvalue weighted by molar-refractivity contribution is 7.10. The van der Waals surface area contributed by atoms with Gasteiger partial charge < -0.3 is 11.1 Å². The fourth-order valence-electron chi connectivity index (χ4n) is 1.49. The average Bonchev–Trinajstić information content (AvgIpc) is 2.72. The number of aryl methyl sites for hydroxylation is 1. The number of nitro groups is 1. The molecule has 0 spiro atoms. The van der Waals surface area contributed by atoms with Crippen molar-refractivity contribution in [1.29, 1.82) is 0 Å². The molecule has 0 radical (unpaired) electrons. The first-order chi connectivity index (χ1) is 8.58. The largest absolute Gasteiger partial charge is 0.384 e. The van der Waals surface area contributed by atoms with Crippen molar-refractivity contribution in [1.82, 2.24) is 4.98 Å². The number of anilines is 2. The normalized spacial score (nSPS) is 10.3. The van der Waals surface area contributed by atoms with Gasteiger partial charge in [0.05, 0.1) is 11.5 Å². The standard InChI is InChI=1S/C11H12N4O2S/c1-7-4-5-18-9(7)6-13-11-8(15(16)17)2-3-10(12)14-11/h2-5H,6H2,1H3,(H3,12,13,14). The van der Waals surface area contributed by atoms with Gasteiger partial charge >= 0.3 is 5.69 Å². The van der Waals surface area contributed by atoms with Gasteiger partial charge in [-0.05, 0) is 30.0 Å². The van der Waals surface area contributed by atoms with Crippen molar-refractivity contribution in [2.45, 2.75) is 13.5 Å². The lowest BCUT2D eigenvalue weighted by atomic mass is 10.3. The number of thiophene rings is 1. The molecule has 2 rings (SSSR count). The van der Waals surface area contributed by atoms with Crippen molar-refractivity contribution in [3.63, 3.8) is 0 Å². The van der Waals surface area contributed by atoms with E-state index in [2.05, 4.69) is 10.3 Å². The van der Waals surface area contributed by atoms with Crippen molar-refractivity contribution in [3.8, 4) is 0 Å². The number of nitrogens with two attached hydrogens (primary N) is 1. The first-order valence-corrected chi connectivity index (χ1v) is 6.13. The van der Waals surface area contributed by atoms with Gasteiger partial charge in [-0.2, -0.15) is 0 Å². The van der Waals surface area contributed by atoms with E-state index >= 15 is 0 Å². The molecule has 94 valence electrons. The predicted molar refractivity (Wildman–Crippen MR) is 71.7 cm³/mol. The van der Waals surface area contributed by atoms with Crippen molar-refractivity contribution >= 4 is 28.7 Å². The summed E-state index contributed by atoms with van der Waals surface area (Å²) in [5.74, 6) is 0.457. The maximum absolute atomic E-state index is 10.8. The van der Waals surface area contributed by atoms with Crippen molar-refractivity contribution in [3.05, 3.63) is 44.1 Å². The zero-order chi connectivity index (χ0) is 13.1. The van der Waals surface area contributed by atoms with E-state index in [1.165, 1.54) is 12.1 Å². The van der Waals surface area contributed by atoms with Gasteiger partial charge in [-0.25, -0.2) is 4.98 Å². The van der Waals surface area contributed by atoms with E-state index in [-0.39, 0.29) is 17.3 Å². The minimum Gasteiger partial charge on any atom is -0.384 e. The first kappa shape index (κ1) is 12.3. The Labute approximate surface area is 108 Å². The fraction of sp³-hybridized carbons (Fsp3) is 0.182. The summed E-state index contributed by atoms with van der Waals surface area (Å²) in [6.45, 7) is 2.50. The monoisotopic (exact) mass is 264 g/mol. The van der Waals surface area contributed by atoms with Crippen molar-refractivity contribution in [2.24, 2.45) is 0 Å². The van der Waals surface area contributed by atoms with Gasteiger partial charge in [-0.1, -0.05) is 0 Å². The van der Waals surface area contributed by atoms with Crippen molar-refractivity contribution < 1.29 is 4.92 Å². The second-order valence-corrected chi connectivity index (χ2v) is 4.74. The lowest BCUT2D eigenvalue weighted by Gasteiger charge is -2.06. The molecule has 6 nitrogen and oxygen atoms in total. The van der Waals surface area contributed by atoms with Crippen LogP contribution in [-0.2, 0) is 6.54 Å². The summed E-state index contributed by atoms with van der Waals surface area (Å²) >= 11 is 1.60. The quantitative estimate of drug-likeness (QED) is 0.653. The predicted octanol–water partition coefficient (Wildman–Crippen LogP) is 2.55. The third-order valence-electron chi connectivity index (χ3n) is 2.48. The van der Waals surface area contributed by atoms with Gasteiger partial charge in [0, 0.05) is 10.9 Å². The molecule has 2 aromatic rings. The third kappa shape index (κ3) is 2.57. The molecular formula is C11H12N4O2S. The summed E-state index contributed by atoms with van der Waals surface area (Å²) in [7, 11) is 0. The topological polar surface area (TPSA) is 94.1 Å². The molecule has 0 saturated heterocycles. The maximum atomic E-state index is 10.8. The minimum atomic E-state index is -0.476. The van der Waals surface area contributed by atoms with Crippen LogP contribution in [0.25, 0.3) is 0 Å². The van der Waals surface area contributed by atoms with E-state index in [1.54, 1.807) is 11.3 Å². The summed E-state index contributed by atoms with van der Waals surface area (Å²) in [5, 5.41) is 15.8. The Bertz CT molecular complexity index is 582. The smallest absolute Gasteiger partial charge is 0.311 e. The zero-order valence-electron chi connectivity index (χ0n) is 9.71. The number of nitrogen functional groups attached to an aromatic ring is 1. The van der Waals surface area contributed by atoms with Gasteiger partial charge in [0.1, 0.15) is 5.82 Å². The number of hydrogen-bond donors (Lipinski definition) is 2. The Morgan fingerprint density at radius 3 is 2.89 bits per heavy atom. The highest BCUT2D eigenvalue weighted by atomic mass is 32.1. The highest BCUT2D eigenvalue weighted by Crippen LogP contribution is 2.24. The molecule has 0 aliphatic carbocycles. The van der Waals surface area contributed by atoms with Gasteiger partial charge in [0.25, 0.3) is 0 Å². The van der Waals surface area contributed by atoms with Gasteiger partial charge in [0.2, 0.25) is 5.82 Å². The molecule has 7 heteroatoms. The molecule has 3 N–H and O–H groups in total. The van der Waals surface area contributed by atoms with Crippen LogP contribution in [0.3, 0.4) is 0 Å². The minimum absolute atomic E-state index is 0.0709. The number of nitrogens with zero attached hydrogens (tertiary/aromatic N) is 2. The van der Waals surface area contributed by atoms with E-state index in [4.69, 9.17) is 5.73 Å². The maximum Gasteiger partial charge on any atom is 0.311 e. The summed E-state index contributed by atoms with van der Waals surface area (Å²) in [4.78, 5) is 15.4. The summed E-state index contributed by atoms with van der Waals surface area (Å²) in [6, 6.07) is 4.77. The average molecular weight is 264 g/mol. The van der Waals surface area contributed by atoms with Gasteiger partial charge in [-0.3, -0.25) is 10.1 Å². The Balaban J connectivity index is 2.20. The van der Waals surface area contributed by atoms with Gasteiger partial charge in [-0.15, -0.1) is 11.3 Å². The molecule has 0 aromatic carbocycles. The molecule has 0 aliphatic heterocycles. The van der Waals surface area contributed by atoms with E-state index in [9.17, 15) is 10.1 Å². The van der Waals surface area contributed by atoms with E-state index in [1.807, 2.05) is 18.4 Å². The molecule has 0 amide bonds. The molecule has 0 bridgehead atoms. The van der Waals surface area contributed by atoms with Crippen LogP contribution in [0.5, 0.6) is 0 Å². The molecule has 0 aliphatic rings. The summed E-state index contributed by atoms with van der Waals surface area (Å²) in [5.41, 5.74) is 6.62. The van der Waals surface area contributed by atoms with Crippen LogP contribution < -0.4 is 11.1 Å². The Morgan fingerprint density at radius 1 is 1.50 bits per heavy atom. The lowest BCUT2D eigenvalue weighted by molar-refractivity contribution is -0.384. The van der Waals surface area contributed by atoms with E-state index in [0.717, 1.165) is 10.4 Å². The Kier molecular flexibility index (Phi) is 3.42. The number of rotatable bonds is 4. The zero-order valence-corrected chi connectivity index (χ0v) is 10.5. The molecule has 2 heterocycles. The fourth-order valence-corrected chi connectivity index (χ4v) is 2.34. The summed E-state index contributed by atoms with van der Waals surface area (Å²) in [6.07, 6.45) is 0. The van der Waals surface area contributed by atoms with Crippen LogP contribution in [0.4, 0.5) is 17.3 Å². The third-order valence-corrected chi connectivity index (χ3v) is 3.50. The van der Waals surface area contributed by atoms with Crippen LogP contribution in [0.2, 0.25) is 0 Å². The molecule has 2 aromatic heterocycles. The molecule has 0 atom stereocenters. The summed E-state index contributed by atoms with van der Waals surface area (Å²) < 4.78 is 0. The number of aromatic nitrogens is 1. The van der Waals surface area contributed by atoms with Crippen LogP contribution in [0.1, 0.15) is 10.4 Å². The number of nitrogens with one attached hydrogen (secondary N) is 1. The molecule has 0 unspecified atom stereocenters. The molecule has 0 fully saturated rings. The SMILES string of the molecule is Cc1ccsc1CNc1nc(N)ccc1[N+](=O)[O-]. The van der Waals surface area contributed by atoms with Crippen LogP contribution in [-0.4, -0.2) is 9.91 Å². The van der Waals surface area contributed by atoms with Crippen LogP contribution in [0.15, 0.2) is 23.6 Å². The molecular weight excluding hydrogens is 252 g/mol. The Hall–Kier alpha value is -2.15. The molecule has 0 saturated carbocycles. The first-order valence-electron chi connectivity index (χ1n) is 5.25. The number of pyridine rings is 1. The molecule has 18 heavy (non-hydrogen) atoms. The van der Waals surface area contributed by atoms with Crippen molar-refractivity contribution in [2.75, 3.05) is 11.1 Å². The second kappa shape index (κ2) is 5.01. The van der Waals surface area contributed by atoms with E-state index in [0.29, 0.717) is 6.54 Å². The lowest BCUT2D eigenvalue weighted by Crippen LogP contribution is -2.05. The van der Waals surface area contributed by atoms with E-state index < -0.39 is 4.92 Å². The second-order valence-electron chi connectivity index (χ2n) is 3.74. The van der Waals surface area contributed by atoms with Crippen LogP contribution in [0, 0.1) is 17.0 Å². The highest BCUT2D eigenvalue weighted by Gasteiger charge is 2.15. The van der Waals surface area contributed by atoms with Gasteiger partial charge in [0.15, 0.2) is 0 Å². The van der Waals surface area contributed by atoms with Crippen LogP contribution >= 0.6 is 11.3 Å². The Morgan fingerprint density at radius 2 is 2.28 bits per heavy atom. The number of hydrogen-bond acceptors (Lipinski definition) is 6.